The van der Waals surface area contributed by atoms with Crippen LogP contribution in [-0.4, -0.2) is 37.0 Å². The van der Waals surface area contributed by atoms with Gasteiger partial charge >= 0.3 is 0 Å². The Morgan fingerprint density at radius 1 is 1.30 bits per heavy atom. The van der Waals surface area contributed by atoms with Gasteiger partial charge < -0.3 is 10.2 Å². The van der Waals surface area contributed by atoms with Crippen molar-refractivity contribution in [3.63, 3.8) is 0 Å². The van der Waals surface area contributed by atoms with Gasteiger partial charge in [-0.3, -0.25) is 4.79 Å². The highest BCUT2D eigenvalue weighted by Crippen LogP contribution is 2.49. The highest BCUT2D eigenvalue weighted by Gasteiger charge is 2.53. The molecule has 0 unspecified atom stereocenters. The standard InChI is InChI=1S/C16H21FN2O/c1-19-10-6-12(7-11-19)18-15(20)16(8-9-16)13-4-2-3-5-14(13)17/h2-5,12H,6-11H2,1H3,(H,18,20). The molecule has 0 bridgehead atoms. The number of benzene rings is 1. The number of hydrogen-bond acceptors (Lipinski definition) is 2. The third-order valence-corrected chi connectivity index (χ3v) is 4.63. The number of halogens is 1. The molecule has 1 aliphatic heterocycles. The summed E-state index contributed by atoms with van der Waals surface area (Å²) in [7, 11) is 2.10. The van der Waals surface area contributed by atoms with Gasteiger partial charge in [0.25, 0.3) is 0 Å². The zero-order valence-electron chi connectivity index (χ0n) is 11.9. The molecule has 0 atom stereocenters. The lowest BCUT2D eigenvalue weighted by Gasteiger charge is -2.30. The molecule has 2 aliphatic rings. The molecule has 2 fully saturated rings. The summed E-state index contributed by atoms with van der Waals surface area (Å²) in [5.41, 5.74) is -0.0419. The van der Waals surface area contributed by atoms with Crippen molar-refractivity contribution in [3.8, 4) is 0 Å². The normalized spacial score (nSPS) is 22.5. The maximum atomic E-state index is 13.9. The topological polar surface area (TPSA) is 32.3 Å². The van der Waals surface area contributed by atoms with Gasteiger partial charge in [-0.05, 0) is 51.9 Å². The number of carbonyl (C=O) groups is 1. The second-order valence-corrected chi connectivity index (χ2v) is 6.11. The van der Waals surface area contributed by atoms with Gasteiger partial charge in [0, 0.05) is 11.6 Å². The maximum Gasteiger partial charge on any atom is 0.230 e. The Balaban J connectivity index is 1.69. The first-order valence-corrected chi connectivity index (χ1v) is 7.36. The number of piperidine rings is 1. The van der Waals surface area contributed by atoms with E-state index in [1.54, 1.807) is 18.2 Å². The lowest BCUT2D eigenvalue weighted by molar-refractivity contribution is -0.124. The van der Waals surface area contributed by atoms with E-state index in [-0.39, 0.29) is 17.8 Å². The van der Waals surface area contributed by atoms with Crippen LogP contribution in [0.2, 0.25) is 0 Å². The smallest absolute Gasteiger partial charge is 0.230 e. The predicted molar refractivity (Wildman–Crippen MR) is 76.0 cm³/mol. The summed E-state index contributed by atoms with van der Waals surface area (Å²) in [6.45, 7) is 2.02. The molecule has 1 N–H and O–H groups in total. The predicted octanol–water partition coefficient (Wildman–Crippen LogP) is 2.07. The lowest BCUT2D eigenvalue weighted by Crippen LogP contribution is -2.47. The number of hydrogen-bond donors (Lipinski definition) is 1. The molecule has 20 heavy (non-hydrogen) atoms. The van der Waals surface area contributed by atoms with Crippen molar-refractivity contribution in [1.29, 1.82) is 0 Å². The Kier molecular flexibility index (Phi) is 3.50. The van der Waals surface area contributed by atoms with Crippen molar-refractivity contribution in [3.05, 3.63) is 35.6 Å². The van der Waals surface area contributed by atoms with Crippen LogP contribution in [-0.2, 0) is 10.2 Å². The van der Waals surface area contributed by atoms with Gasteiger partial charge in [0.2, 0.25) is 5.91 Å². The molecule has 1 saturated carbocycles. The second kappa shape index (κ2) is 5.17. The Labute approximate surface area is 119 Å². The van der Waals surface area contributed by atoms with Gasteiger partial charge in [-0.15, -0.1) is 0 Å². The van der Waals surface area contributed by atoms with Gasteiger partial charge in [-0.1, -0.05) is 18.2 Å². The molecule has 0 spiro atoms. The van der Waals surface area contributed by atoms with Crippen LogP contribution in [0, 0.1) is 5.82 Å². The summed E-state index contributed by atoms with van der Waals surface area (Å²) in [5.74, 6) is -0.249. The van der Waals surface area contributed by atoms with Crippen LogP contribution in [0.15, 0.2) is 24.3 Å². The number of rotatable bonds is 3. The van der Waals surface area contributed by atoms with Crippen LogP contribution in [0.4, 0.5) is 4.39 Å². The summed E-state index contributed by atoms with van der Waals surface area (Å²) in [6.07, 6.45) is 3.48. The molecule has 3 rings (SSSR count). The molecular weight excluding hydrogens is 255 g/mol. The summed E-state index contributed by atoms with van der Waals surface area (Å²) < 4.78 is 13.9. The first-order chi connectivity index (χ1) is 9.62. The van der Waals surface area contributed by atoms with Crippen molar-refractivity contribution in [2.45, 2.75) is 37.1 Å². The van der Waals surface area contributed by atoms with Crippen LogP contribution in [0.5, 0.6) is 0 Å². The van der Waals surface area contributed by atoms with E-state index in [1.807, 2.05) is 0 Å². The summed E-state index contributed by atoms with van der Waals surface area (Å²) in [4.78, 5) is 14.8. The largest absolute Gasteiger partial charge is 0.352 e. The third kappa shape index (κ3) is 2.44. The Morgan fingerprint density at radius 2 is 1.95 bits per heavy atom. The van der Waals surface area contributed by atoms with E-state index < -0.39 is 5.41 Å². The molecule has 1 amide bonds. The van der Waals surface area contributed by atoms with Gasteiger partial charge in [0.05, 0.1) is 5.41 Å². The van der Waals surface area contributed by atoms with Crippen LogP contribution in [0.25, 0.3) is 0 Å². The Hall–Kier alpha value is -1.42. The monoisotopic (exact) mass is 276 g/mol. The quantitative estimate of drug-likeness (QED) is 0.916. The first kappa shape index (κ1) is 13.6. The number of nitrogens with zero attached hydrogens (tertiary/aromatic N) is 1. The Morgan fingerprint density at radius 3 is 2.55 bits per heavy atom. The number of carbonyl (C=O) groups excluding carboxylic acids is 1. The highest BCUT2D eigenvalue weighted by atomic mass is 19.1. The molecule has 1 heterocycles. The van der Waals surface area contributed by atoms with Crippen molar-refractivity contribution in [2.75, 3.05) is 20.1 Å². The van der Waals surface area contributed by atoms with Gasteiger partial charge in [-0.25, -0.2) is 4.39 Å². The van der Waals surface area contributed by atoms with E-state index in [1.165, 1.54) is 6.07 Å². The maximum absolute atomic E-state index is 13.9. The average molecular weight is 276 g/mol. The van der Waals surface area contributed by atoms with Crippen LogP contribution in [0.3, 0.4) is 0 Å². The molecular formula is C16H21FN2O. The van der Waals surface area contributed by atoms with Crippen molar-refractivity contribution < 1.29 is 9.18 Å². The molecule has 3 nitrogen and oxygen atoms in total. The van der Waals surface area contributed by atoms with Gasteiger partial charge in [0.1, 0.15) is 5.82 Å². The zero-order valence-corrected chi connectivity index (χ0v) is 11.9. The number of likely N-dealkylation sites (tertiary alicyclic amines) is 1. The van der Waals surface area contributed by atoms with Crippen LogP contribution >= 0.6 is 0 Å². The fourth-order valence-electron chi connectivity index (χ4n) is 3.07. The summed E-state index contributed by atoms with van der Waals surface area (Å²) in [6, 6.07) is 6.91. The minimum atomic E-state index is -0.602. The van der Waals surface area contributed by atoms with Gasteiger partial charge in [-0.2, -0.15) is 0 Å². The van der Waals surface area contributed by atoms with Gasteiger partial charge in [0.15, 0.2) is 0 Å². The van der Waals surface area contributed by atoms with Crippen LogP contribution in [0.1, 0.15) is 31.2 Å². The molecule has 1 aromatic rings. The van der Waals surface area contributed by atoms with E-state index in [0.717, 1.165) is 38.8 Å². The molecule has 108 valence electrons. The fraction of sp³-hybridized carbons (Fsp3) is 0.562. The molecule has 4 heteroatoms. The van der Waals surface area contributed by atoms with Crippen molar-refractivity contribution in [1.82, 2.24) is 10.2 Å². The van der Waals surface area contributed by atoms with E-state index in [0.29, 0.717) is 5.56 Å². The minimum Gasteiger partial charge on any atom is -0.352 e. The van der Waals surface area contributed by atoms with E-state index >= 15 is 0 Å². The van der Waals surface area contributed by atoms with Crippen molar-refractivity contribution >= 4 is 5.91 Å². The number of amides is 1. The minimum absolute atomic E-state index is 0.0113. The van der Waals surface area contributed by atoms with E-state index in [2.05, 4.69) is 17.3 Å². The van der Waals surface area contributed by atoms with Crippen molar-refractivity contribution in [2.24, 2.45) is 0 Å². The van der Waals surface area contributed by atoms with Crippen LogP contribution < -0.4 is 5.32 Å². The van der Waals surface area contributed by atoms with E-state index in [4.69, 9.17) is 0 Å². The average Bonchev–Trinajstić information content (AvgIpc) is 3.23. The molecule has 1 saturated heterocycles. The second-order valence-electron chi connectivity index (χ2n) is 6.11. The summed E-state index contributed by atoms with van der Waals surface area (Å²) in [5, 5.41) is 3.14. The van der Waals surface area contributed by atoms with E-state index in [9.17, 15) is 9.18 Å². The third-order valence-electron chi connectivity index (χ3n) is 4.63. The zero-order chi connectivity index (χ0) is 14.2. The first-order valence-electron chi connectivity index (χ1n) is 7.36. The summed E-state index contributed by atoms with van der Waals surface area (Å²) >= 11 is 0. The lowest BCUT2D eigenvalue weighted by atomic mass is 9.93. The fourth-order valence-corrected chi connectivity index (χ4v) is 3.07. The molecule has 0 radical (unpaired) electrons. The highest BCUT2D eigenvalue weighted by molar-refractivity contribution is 5.91. The molecule has 1 aliphatic carbocycles. The number of nitrogens with one attached hydrogen (secondary N) is 1. The SMILES string of the molecule is CN1CCC(NC(=O)C2(c3ccccc3F)CC2)CC1. The Bertz CT molecular complexity index is 505. The molecule has 1 aromatic carbocycles. The molecule has 0 aromatic heterocycles.